The van der Waals surface area contributed by atoms with Crippen molar-refractivity contribution in [3.05, 3.63) is 59.9 Å². The molecular formula is C20H25N3O. The van der Waals surface area contributed by atoms with Crippen molar-refractivity contribution in [3.63, 3.8) is 0 Å². The van der Waals surface area contributed by atoms with Gasteiger partial charge in [0.15, 0.2) is 0 Å². The van der Waals surface area contributed by atoms with E-state index in [0.29, 0.717) is 11.7 Å². The van der Waals surface area contributed by atoms with Gasteiger partial charge in [0.25, 0.3) is 5.91 Å². The molecule has 0 atom stereocenters. The highest BCUT2D eigenvalue weighted by molar-refractivity contribution is 5.92. The fraction of sp³-hybridized carbons (Fsp3) is 0.400. The van der Waals surface area contributed by atoms with Crippen LogP contribution in [0.1, 0.15) is 42.7 Å². The van der Waals surface area contributed by atoms with Crippen molar-refractivity contribution in [1.82, 2.24) is 9.88 Å². The minimum atomic E-state index is 0.0539. The average Bonchev–Trinajstić information content (AvgIpc) is 3.14. The first-order valence-corrected chi connectivity index (χ1v) is 8.71. The van der Waals surface area contributed by atoms with Gasteiger partial charge in [-0.05, 0) is 44.4 Å². The Morgan fingerprint density at radius 2 is 1.83 bits per heavy atom. The van der Waals surface area contributed by atoms with Gasteiger partial charge in [-0.25, -0.2) is 4.98 Å². The van der Waals surface area contributed by atoms with E-state index >= 15 is 0 Å². The van der Waals surface area contributed by atoms with E-state index in [-0.39, 0.29) is 5.91 Å². The predicted octanol–water partition coefficient (Wildman–Crippen LogP) is 3.73. The molecule has 0 N–H and O–H groups in total. The van der Waals surface area contributed by atoms with Crippen LogP contribution in [0.4, 0.5) is 5.69 Å². The van der Waals surface area contributed by atoms with Gasteiger partial charge in [-0.15, -0.1) is 0 Å². The maximum Gasteiger partial charge on any atom is 0.272 e. The molecule has 1 fully saturated rings. The maximum absolute atomic E-state index is 12.4. The minimum absolute atomic E-state index is 0.0539. The summed E-state index contributed by atoms with van der Waals surface area (Å²) in [6, 6.07) is 14.6. The van der Waals surface area contributed by atoms with Crippen LogP contribution in [-0.4, -0.2) is 34.9 Å². The number of carbonyl (C=O) groups excluding carboxylic acids is 1. The van der Waals surface area contributed by atoms with Crippen molar-refractivity contribution >= 4 is 11.6 Å². The van der Waals surface area contributed by atoms with E-state index in [2.05, 4.69) is 48.0 Å². The second-order valence-corrected chi connectivity index (χ2v) is 6.61. The molecule has 0 saturated carbocycles. The molecule has 1 amide bonds. The van der Waals surface area contributed by atoms with E-state index in [1.807, 2.05) is 29.3 Å². The lowest BCUT2D eigenvalue weighted by Crippen LogP contribution is -2.31. The SMILES string of the molecule is CC(C)N(Cc1ccccc1)c1ccc(C(=O)N2CCCC2)nc1. The van der Waals surface area contributed by atoms with Gasteiger partial charge < -0.3 is 9.80 Å². The Balaban J connectivity index is 1.75. The highest BCUT2D eigenvalue weighted by Crippen LogP contribution is 2.20. The number of anilines is 1. The topological polar surface area (TPSA) is 36.4 Å². The number of hydrogen-bond acceptors (Lipinski definition) is 3. The van der Waals surface area contributed by atoms with Crippen LogP contribution in [0, 0.1) is 0 Å². The van der Waals surface area contributed by atoms with E-state index in [0.717, 1.165) is 38.2 Å². The number of amides is 1. The summed E-state index contributed by atoms with van der Waals surface area (Å²) in [4.78, 5) is 21.0. The molecule has 4 heteroatoms. The lowest BCUT2D eigenvalue weighted by molar-refractivity contribution is 0.0787. The van der Waals surface area contributed by atoms with Crippen molar-refractivity contribution in [2.75, 3.05) is 18.0 Å². The summed E-state index contributed by atoms with van der Waals surface area (Å²) in [6.45, 7) is 6.89. The molecule has 4 nitrogen and oxygen atoms in total. The minimum Gasteiger partial charge on any atom is -0.364 e. The van der Waals surface area contributed by atoms with E-state index in [9.17, 15) is 4.79 Å². The Morgan fingerprint density at radius 1 is 1.12 bits per heavy atom. The molecule has 1 aliphatic heterocycles. The molecule has 126 valence electrons. The summed E-state index contributed by atoms with van der Waals surface area (Å²) in [7, 11) is 0. The number of hydrogen-bond donors (Lipinski definition) is 0. The van der Waals surface area contributed by atoms with E-state index in [4.69, 9.17) is 0 Å². The maximum atomic E-state index is 12.4. The monoisotopic (exact) mass is 323 g/mol. The zero-order chi connectivity index (χ0) is 16.9. The van der Waals surface area contributed by atoms with E-state index < -0.39 is 0 Å². The van der Waals surface area contributed by atoms with Gasteiger partial charge in [0, 0.05) is 25.7 Å². The molecule has 0 bridgehead atoms. The summed E-state index contributed by atoms with van der Waals surface area (Å²) in [5.41, 5.74) is 2.86. The molecule has 24 heavy (non-hydrogen) atoms. The van der Waals surface area contributed by atoms with Gasteiger partial charge in [0.1, 0.15) is 5.69 Å². The Morgan fingerprint density at radius 3 is 2.42 bits per heavy atom. The van der Waals surface area contributed by atoms with Crippen molar-refractivity contribution in [2.45, 2.75) is 39.3 Å². The summed E-state index contributed by atoms with van der Waals surface area (Å²) >= 11 is 0. The van der Waals surface area contributed by atoms with Crippen LogP contribution in [0.25, 0.3) is 0 Å². The number of nitrogens with zero attached hydrogens (tertiary/aromatic N) is 3. The van der Waals surface area contributed by atoms with Crippen LogP contribution in [-0.2, 0) is 6.54 Å². The predicted molar refractivity (Wildman–Crippen MR) is 97.1 cm³/mol. The molecule has 0 unspecified atom stereocenters. The number of benzene rings is 1. The van der Waals surface area contributed by atoms with Gasteiger partial charge in [-0.2, -0.15) is 0 Å². The third-order valence-corrected chi connectivity index (χ3v) is 4.51. The first-order chi connectivity index (χ1) is 11.6. The van der Waals surface area contributed by atoms with Gasteiger partial charge in [0.2, 0.25) is 0 Å². The first-order valence-electron chi connectivity index (χ1n) is 8.71. The average molecular weight is 323 g/mol. The standard InChI is InChI=1S/C20H25N3O/c1-16(2)23(15-17-8-4-3-5-9-17)18-10-11-19(21-14-18)20(24)22-12-6-7-13-22/h3-5,8-11,14,16H,6-7,12-13,15H2,1-2H3. The van der Waals surface area contributed by atoms with Crippen LogP contribution in [0.3, 0.4) is 0 Å². The fourth-order valence-corrected chi connectivity index (χ4v) is 3.12. The lowest BCUT2D eigenvalue weighted by Gasteiger charge is -2.29. The van der Waals surface area contributed by atoms with Gasteiger partial charge in [0.05, 0.1) is 11.9 Å². The molecule has 2 aromatic rings. The molecular weight excluding hydrogens is 298 g/mol. The summed E-state index contributed by atoms with van der Waals surface area (Å²) in [5.74, 6) is 0.0539. The summed E-state index contributed by atoms with van der Waals surface area (Å²) < 4.78 is 0. The van der Waals surface area contributed by atoms with Crippen LogP contribution in [0.2, 0.25) is 0 Å². The zero-order valence-electron chi connectivity index (χ0n) is 14.5. The van der Waals surface area contributed by atoms with E-state index in [1.54, 1.807) is 0 Å². The van der Waals surface area contributed by atoms with Crippen molar-refractivity contribution in [3.8, 4) is 0 Å². The van der Waals surface area contributed by atoms with Gasteiger partial charge in [-0.1, -0.05) is 30.3 Å². The van der Waals surface area contributed by atoms with Gasteiger partial charge in [-0.3, -0.25) is 4.79 Å². The van der Waals surface area contributed by atoms with Crippen LogP contribution in [0.15, 0.2) is 48.7 Å². The molecule has 3 rings (SSSR count). The van der Waals surface area contributed by atoms with E-state index in [1.165, 1.54) is 5.56 Å². The quantitative estimate of drug-likeness (QED) is 0.841. The Bertz CT molecular complexity index is 661. The number of carbonyl (C=O) groups is 1. The smallest absolute Gasteiger partial charge is 0.272 e. The third-order valence-electron chi connectivity index (χ3n) is 4.51. The summed E-state index contributed by atoms with van der Waals surface area (Å²) in [6.07, 6.45) is 4.02. The Labute approximate surface area is 144 Å². The second kappa shape index (κ2) is 7.47. The number of likely N-dealkylation sites (tertiary alicyclic amines) is 1. The molecule has 2 heterocycles. The number of rotatable bonds is 5. The molecule has 0 radical (unpaired) electrons. The number of pyridine rings is 1. The van der Waals surface area contributed by atoms with Crippen LogP contribution >= 0.6 is 0 Å². The molecule has 1 aliphatic rings. The largest absolute Gasteiger partial charge is 0.364 e. The number of aromatic nitrogens is 1. The lowest BCUT2D eigenvalue weighted by atomic mass is 10.1. The normalized spacial score (nSPS) is 14.2. The second-order valence-electron chi connectivity index (χ2n) is 6.61. The molecule has 0 spiro atoms. The Hall–Kier alpha value is -2.36. The first kappa shape index (κ1) is 16.5. The molecule has 1 aromatic heterocycles. The van der Waals surface area contributed by atoms with Crippen molar-refractivity contribution in [2.24, 2.45) is 0 Å². The van der Waals surface area contributed by atoms with Gasteiger partial charge >= 0.3 is 0 Å². The highest BCUT2D eigenvalue weighted by atomic mass is 16.2. The highest BCUT2D eigenvalue weighted by Gasteiger charge is 2.21. The van der Waals surface area contributed by atoms with Crippen LogP contribution < -0.4 is 4.90 Å². The molecule has 0 aliphatic carbocycles. The fourth-order valence-electron chi connectivity index (χ4n) is 3.12. The van der Waals surface area contributed by atoms with Crippen molar-refractivity contribution < 1.29 is 4.79 Å². The summed E-state index contributed by atoms with van der Waals surface area (Å²) in [5, 5.41) is 0. The van der Waals surface area contributed by atoms with Crippen LogP contribution in [0.5, 0.6) is 0 Å². The molecule has 1 aromatic carbocycles. The third kappa shape index (κ3) is 3.75. The molecule has 1 saturated heterocycles. The van der Waals surface area contributed by atoms with Crippen molar-refractivity contribution in [1.29, 1.82) is 0 Å². The Kier molecular flexibility index (Phi) is 5.14. The zero-order valence-corrected chi connectivity index (χ0v) is 14.5.